The number of aliphatic carboxylic acids is 1. The molecule has 0 atom stereocenters. The number of hydrogen-bond donors (Lipinski definition) is 1. The number of rotatable bonds is 6. The lowest BCUT2D eigenvalue weighted by molar-refractivity contribution is -0.136. The van der Waals surface area contributed by atoms with Gasteiger partial charge in [-0.25, -0.2) is 4.39 Å². The van der Waals surface area contributed by atoms with E-state index in [4.69, 9.17) is 5.11 Å². The van der Waals surface area contributed by atoms with Gasteiger partial charge in [0, 0.05) is 17.1 Å². The van der Waals surface area contributed by atoms with Crippen molar-refractivity contribution in [3.63, 3.8) is 0 Å². The number of hydrogen-bond acceptors (Lipinski definition) is 2. The Labute approximate surface area is 121 Å². The molecule has 1 N–H and O–H groups in total. The molecule has 0 aliphatic carbocycles. The molecule has 2 aromatic carbocycles. The molecule has 0 unspecified atom stereocenters. The van der Waals surface area contributed by atoms with Crippen LogP contribution in [-0.4, -0.2) is 11.1 Å². The van der Waals surface area contributed by atoms with E-state index in [9.17, 15) is 9.18 Å². The summed E-state index contributed by atoms with van der Waals surface area (Å²) in [6, 6.07) is 14.7. The van der Waals surface area contributed by atoms with Crippen molar-refractivity contribution in [3.8, 4) is 0 Å². The molecule has 0 saturated heterocycles. The predicted octanol–water partition coefficient (Wildman–Crippen LogP) is 4.14. The summed E-state index contributed by atoms with van der Waals surface area (Å²) in [6.07, 6.45) is 0.373. The van der Waals surface area contributed by atoms with E-state index in [-0.39, 0.29) is 12.2 Å². The van der Waals surface area contributed by atoms with E-state index in [1.165, 1.54) is 17.7 Å². The standard InChI is InChI=1S/C16H15FO2S/c17-14-8-13(6-7-16(18)19)9-15(10-14)20-11-12-4-2-1-3-5-12/h1-5,8-10H,6-7,11H2,(H,18,19). The van der Waals surface area contributed by atoms with E-state index in [2.05, 4.69) is 0 Å². The van der Waals surface area contributed by atoms with Gasteiger partial charge < -0.3 is 5.11 Å². The van der Waals surface area contributed by atoms with Crippen LogP contribution in [0.5, 0.6) is 0 Å². The third-order valence-electron chi connectivity index (χ3n) is 2.81. The van der Waals surface area contributed by atoms with E-state index < -0.39 is 5.97 Å². The van der Waals surface area contributed by atoms with Crippen LogP contribution in [0.1, 0.15) is 17.5 Å². The zero-order valence-electron chi connectivity index (χ0n) is 10.9. The monoisotopic (exact) mass is 290 g/mol. The summed E-state index contributed by atoms with van der Waals surface area (Å²) in [4.78, 5) is 11.4. The Morgan fingerprint density at radius 3 is 2.55 bits per heavy atom. The highest BCUT2D eigenvalue weighted by Gasteiger charge is 2.04. The molecule has 0 bridgehead atoms. The number of thioether (sulfide) groups is 1. The van der Waals surface area contributed by atoms with Crippen LogP contribution in [0.4, 0.5) is 4.39 Å². The first-order chi connectivity index (χ1) is 9.63. The topological polar surface area (TPSA) is 37.3 Å². The second-order valence-corrected chi connectivity index (χ2v) is 5.51. The Hall–Kier alpha value is -1.81. The van der Waals surface area contributed by atoms with Gasteiger partial charge in [0.2, 0.25) is 0 Å². The highest BCUT2D eigenvalue weighted by atomic mass is 32.2. The van der Waals surface area contributed by atoms with Crippen LogP contribution in [0.3, 0.4) is 0 Å². The van der Waals surface area contributed by atoms with Crippen molar-refractivity contribution in [1.29, 1.82) is 0 Å². The Morgan fingerprint density at radius 1 is 1.10 bits per heavy atom. The van der Waals surface area contributed by atoms with Crippen molar-refractivity contribution >= 4 is 17.7 Å². The molecule has 4 heteroatoms. The third-order valence-corrected chi connectivity index (χ3v) is 3.85. The number of benzene rings is 2. The molecule has 0 aliphatic heterocycles. The molecule has 0 saturated carbocycles. The molecule has 0 spiro atoms. The molecule has 0 radical (unpaired) electrons. The molecule has 0 heterocycles. The number of carbonyl (C=O) groups is 1. The first-order valence-corrected chi connectivity index (χ1v) is 7.30. The van der Waals surface area contributed by atoms with E-state index in [0.29, 0.717) is 6.42 Å². The SMILES string of the molecule is O=C(O)CCc1cc(F)cc(SCc2ccccc2)c1. The second kappa shape index (κ2) is 7.10. The van der Waals surface area contributed by atoms with Crippen molar-refractivity contribution < 1.29 is 14.3 Å². The maximum absolute atomic E-state index is 13.5. The van der Waals surface area contributed by atoms with Gasteiger partial charge >= 0.3 is 5.97 Å². The minimum atomic E-state index is -0.868. The summed E-state index contributed by atoms with van der Waals surface area (Å²) in [5, 5.41) is 8.67. The zero-order valence-corrected chi connectivity index (χ0v) is 11.7. The van der Waals surface area contributed by atoms with Crippen LogP contribution in [-0.2, 0) is 17.0 Å². The summed E-state index contributed by atoms with van der Waals surface area (Å²) >= 11 is 1.55. The highest BCUT2D eigenvalue weighted by Crippen LogP contribution is 2.25. The summed E-state index contributed by atoms with van der Waals surface area (Å²) in [6.45, 7) is 0. The average Bonchev–Trinajstić information content (AvgIpc) is 2.44. The van der Waals surface area contributed by atoms with Crippen LogP contribution in [0, 0.1) is 5.82 Å². The molecule has 0 aliphatic rings. The van der Waals surface area contributed by atoms with Gasteiger partial charge in [-0.1, -0.05) is 30.3 Å². The number of aryl methyl sites for hydroxylation is 1. The average molecular weight is 290 g/mol. The first kappa shape index (κ1) is 14.6. The molecule has 2 nitrogen and oxygen atoms in total. The molecule has 2 aromatic rings. The molecule has 0 aromatic heterocycles. The number of carboxylic acid groups (broad SMARTS) is 1. The Morgan fingerprint density at radius 2 is 1.85 bits per heavy atom. The lowest BCUT2D eigenvalue weighted by atomic mass is 10.1. The van der Waals surface area contributed by atoms with Crippen molar-refractivity contribution in [2.45, 2.75) is 23.5 Å². The fourth-order valence-corrected chi connectivity index (χ4v) is 2.80. The number of carboxylic acids is 1. The van der Waals surface area contributed by atoms with Gasteiger partial charge in [-0.05, 0) is 35.7 Å². The van der Waals surface area contributed by atoms with Gasteiger partial charge in [-0.15, -0.1) is 11.8 Å². The van der Waals surface area contributed by atoms with Gasteiger partial charge in [-0.2, -0.15) is 0 Å². The van der Waals surface area contributed by atoms with E-state index in [0.717, 1.165) is 16.2 Å². The minimum absolute atomic E-state index is 0.0201. The van der Waals surface area contributed by atoms with Crippen LogP contribution in [0.2, 0.25) is 0 Å². The van der Waals surface area contributed by atoms with Gasteiger partial charge in [0.1, 0.15) is 5.82 Å². The van der Waals surface area contributed by atoms with Gasteiger partial charge in [0.25, 0.3) is 0 Å². The third kappa shape index (κ3) is 4.70. The lowest BCUT2D eigenvalue weighted by Gasteiger charge is -2.06. The van der Waals surface area contributed by atoms with Crippen molar-refractivity contribution in [1.82, 2.24) is 0 Å². The maximum atomic E-state index is 13.5. The van der Waals surface area contributed by atoms with Crippen LogP contribution >= 0.6 is 11.8 Å². The van der Waals surface area contributed by atoms with E-state index >= 15 is 0 Å². The van der Waals surface area contributed by atoms with Crippen LogP contribution < -0.4 is 0 Å². The molecular weight excluding hydrogens is 275 g/mol. The smallest absolute Gasteiger partial charge is 0.303 e. The number of halogens is 1. The maximum Gasteiger partial charge on any atom is 0.303 e. The Balaban J connectivity index is 2.02. The summed E-state index contributed by atoms with van der Waals surface area (Å²) in [5.74, 6) is -0.418. The fraction of sp³-hybridized carbons (Fsp3) is 0.188. The zero-order chi connectivity index (χ0) is 14.4. The van der Waals surface area contributed by atoms with E-state index in [1.54, 1.807) is 11.8 Å². The minimum Gasteiger partial charge on any atom is -0.481 e. The van der Waals surface area contributed by atoms with Gasteiger partial charge in [0.15, 0.2) is 0 Å². The quantitative estimate of drug-likeness (QED) is 0.813. The summed E-state index contributed by atoms with van der Waals surface area (Å²) in [7, 11) is 0. The molecule has 0 fully saturated rings. The molecule has 0 amide bonds. The Kier molecular flexibility index (Phi) is 5.18. The largest absolute Gasteiger partial charge is 0.481 e. The van der Waals surface area contributed by atoms with Crippen LogP contribution in [0.15, 0.2) is 53.4 Å². The van der Waals surface area contributed by atoms with Crippen LogP contribution in [0.25, 0.3) is 0 Å². The normalized spacial score (nSPS) is 10.4. The highest BCUT2D eigenvalue weighted by molar-refractivity contribution is 7.98. The van der Waals surface area contributed by atoms with Crippen molar-refractivity contribution in [2.24, 2.45) is 0 Å². The first-order valence-electron chi connectivity index (χ1n) is 6.31. The van der Waals surface area contributed by atoms with Crippen molar-refractivity contribution in [3.05, 3.63) is 65.5 Å². The summed E-state index contributed by atoms with van der Waals surface area (Å²) < 4.78 is 13.5. The lowest BCUT2D eigenvalue weighted by Crippen LogP contribution is -1.98. The molecule has 2 rings (SSSR count). The molecule has 20 heavy (non-hydrogen) atoms. The van der Waals surface area contributed by atoms with Gasteiger partial charge in [-0.3, -0.25) is 4.79 Å². The summed E-state index contributed by atoms with van der Waals surface area (Å²) in [5.41, 5.74) is 1.90. The fourth-order valence-electron chi connectivity index (χ4n) is 1.84. The molecular formula is C16H15FO2S. The van der Waals surface area contributed by atoms with Crippen molar-refractivity contribution in [2.75, 3.05) is 0 Å². The predicted molar refractivity (Wildman–Crippen MR) is 78.4 cm³/mol. The second-order valence-electron chi connectivity index (χ2n) is 4.46. The van der Waals surface area contributed by atoms with Gasteiger partial charge in [0.05, 0.1) is 0 Å². The Bertz CT molecular complexity index is 584. The molecule has 104 valence electrons. The van der Waals surface area contributed by atoms with E-state index in [1.807, 2.05) is 36.4 Å².